The monoisotopic (exact) mass is 248 g/mol. The van der Waals surface area contributed by atoms with E-state index >= 15 is 0 Å². The molecule has 1 atom stereocenters. The molecule has 0 aliphatic heterocycles. The fraction of sp³-hybridized carbons (Fsp3) is 0.625. The van der Waals surface area contributed by atoms with E-state index < -0.39 is 0 Å². The van der Waals surface area contributed by atoms with Gasteiger partial charge in [-0.25, -0.2) is 0 Å². The highest BCUT2D eigenvalue weighted by Crippen LogP contribution is 2.25. The molecule has 2 nitrogen and oxygen atoms in total. The van der Waals surface area contributed by atoms with Gasteiger partial charge in [0, 0.05) is 0 Å². The number of benzene rings is 1. The van der Waals surface area contributed by atoms with Gasteiger partial charge in [0.1, 0.15) is 5.75 Å². The second-order valence-electron chi connectivity index (χ2n) is 5.33. The van der Waals surface area contributed by atoms with Crippen LogP contribution in [-0.2, 0) is 12.8 Å². The number of aliphatic hydroxyl groups is 1. The zero-order valence-corrected chi connectivity index (χ0v) is 11.3. The Kier molecular flexibility index (Phi) is 5.06. The minimum absolute atomic E-state index is 0.186. The van der Waals surface area contributed by atoms with E-state index in [0.29, 0.717) is 0 Å². The van der Waals surface area contributed by atoms with Crippen molar-refractivity contribution >= 4 is 0 Å². The Morgan fingerprint density at radius 2 is 1.94 bits per heavy atom. The van der Waals surface area contributed by atoms with Crippen molar-refractivity contribution in [3.8, 4) is 5.75 Å². The zero-order valence-electron chi connectivity index (χ0n) is 11.3. The number of unbranched alkanes of at least 4 members (excludes halogenated alkanes) is 1. The standard InChI is InChI=1S/C16H24O2/c1-13(17)6-4-5-11-18-16-10-9-14-7-2-3-8-15(14)12-16/h9-10,12-13,17H,2-8,11H2,1H3. The van der Waals surface area contributed by atoms with Crippen LogP contribution in [0.3, 0.4) is 0 Å². The van der Waals surface area contributed by atoms with Crippen molar-refractivity contribution < 1.29 is 9.84 Å². The van der Waals surface area contributed by atoms with E-state index in [4.69, 9.17) is 9.84 Å². The summed E-state index contributed by atoms with van der Waals surface area (Å²) in [6, 6.07) is 6.53. The average molecular weight is 248 g/mol. The molecule has 0 aromatic heterocycles. The Morgan fingerprint density at radius 1 is 1.17 bits per heavy atom. The molecule has 1 aromatic carbocycles. The summed E-state index contributed by atoms with van der Waals surface area (Å²) < 4.78 is 5.77. The molecule has 0 saturated carbocycles. The van der Waals surface area contributed by atoms with Gasteiger partial charge in [0.15, 0.2) is 0 Å². The van der Waals surface area contributed by atoms with Gasteiger partial charge < -0.3 is 9.84 Å². The van der Waals surface area contributed by atoms with Crippen LogP contribution in [0.2, 0.25) is 0 Å². The van der Waals surface area contributed by atoms with Crippen LogP contribution >= 0.6 is 0 Å². The highest BCUT2D eigenvalue weighted by atomic mass is 16.5. The van der Waals surface area contributed by atoms with Crippen molar-refractivity contribution in [2.75, 3.05) is 6.61 Å². The van der Waals surface area contributed by atoms with Gasteiger partial charge in [-0.2, -0.15) is 0 Å². The van der Waals surface area contributed by atoms with E-state index in [1.165, 1.54) is 36.8 Å². The van der Waals surface area contributed by atoms with Crippen LogP contribution in [-0.4, -0.2) is 17.8 Å². The fourth-order valence-electron chi connectivity index (χ4n) is 2.53. The number of rotatable bonds is 6. The lowest BCUT2D eigenvalue weighted by Crippen LogP contribution is -2.05. The van der Waals surface area contributed by atoms with Crippen LogP contribution in [0.5, 0.6) is 5.75 Å². The van der Waals surface area contributed by atoms with Gasteiger partial charge in [-0.15, -0.1) is 0 Å². The zero-order chi connectivity index (χ0) is 12.8. The van der Waals surface area contributed by atoms with Crippen LogP contribution in [0.4, 0.5) is 0 Å². The summed E-state index contributed by atoms with van der Waals surface area (Å²) in [5.41, 5.74) is 2.98. The number of ether oxygens (including phenoxy) is 1. The van der Waals surface area contributed by atoms with Crippen molar-refractivity contribution in [2.24, 2.45) is 0 Å². The first-order valence-corrected chi connectivity index (χ1v) is 7.18. The maximum Gasteiger partial charge on any atom is 0.119 e. The number of aryl methyl sites for hydroxylation is 2. The molecule has 0 radical (unpaired) electrons. The van der Waals surface area contributed by atoms with Gasteiger partial charge in [0.2, 0.25) is 0 Å². The topological polar surface area (TPSA) is 29.5 Å². The Hall–Kier alpha value is -1.02. The maximum atomic E-state index is 9.16. The average Bonchev–Trinajstić information content (AvgIpc) is 2.38. The predicted molar refractivity (Wildman–Crippen MR) is 74.1 cm³/mol. The van der Waals surface area contributed by atoms with Crippen molar-refractivity contribution in [3.05, 3.63) is 29.3 Å². The van der Waals surface area contributed by atoms with Crippen molar-refractivity contribution in [3.63, 3.8) is 0 Å². The minimum Gasteiger partial charge on any atom is -0.494 e. The van der Waals surface area contributed by atoms with E-state index in [-0.39, 0.29) is 6.10 Å². The van der Waals surface area contributed by atoms with Gasteiger partial charge in [-0.05, 0) is 75.1 Å². The molecule has 0 fully saturated rings. The van der Waals surface area contributed by atoms with Crippen LogP contribution < -0.4 is 4.74 Å². The molecule has 0 heterocycles. The molecule has 1 aliphatic carbocycles. The van der Waals surface area contributed by atoms with Crippen LogP contribution in [0.15, 0.2) is 18.2 Å². The molecule has 1 aromatic rings. The first-order chi connectivity index (χ1) is 8.75. The molecule has 2 rings (SSSR count). The molecule has 0 bridgehead atoms. The molecule has 0 amide bonds. The lowest BCUT2D eigenvalue weighted by atomic mass is 9.92. The fourth-order valence-corrected chi connectivity index (χ4v) is 2.53. The summed E-state index contributed by atoms with van der Waals surface area (Å²) in [7, 11) is 0. The van der Waals surface area contributed by atoms with Gasteiger partial charge in [-0.1, -0.05) is 6.07 Å². The third-order valence-corrected chi connectivity index (χ3v) is 3.60. The first kappa shape index (κ1) is 13.4. The quantitative estimate of drug-likeness (QED) is 0.781. The molecule has 1 aliphatic rings. The Labute approximate surface area is 110 Å². The SMILES string of the molecule is CC(O)CCCCOc1ccc2c(c1)CCCC2. The van der Waals surface area contributed by atoms with E-state index in [2.05, 4.69) is 18.2 Å². The number of hydrogen-bond donors (Lipinski definition) is 1. The van der Waals surface area contributed by atoms with E-state index in [1.54, 1.807) is 0 Å². The second-order valence-corrected chi connectivity index (χ2v) is 5.33. The Bertz CT molecular complexity index is 371. The van der Waals surface area contributed by atoms with Crippen LogP contribution in [0.1, 0.15) is 50.2 Å². The van der Waals surface area contributed by atoms with Crippen LogP contribution in [0.25, 0.3) is 0 Å². The number of aliphatic hydroxyl groups excluding tert-OH is 1. The number of hydrogen-bond acceptors (Lipinski definition) is 2. The molecule has 0 saturated heterocycles. The summed E-state index contributed by atoms with van der Waals surface area (Å²) in [5.74, 6) is 1.01. The minimum atomic E-state index is -0.186. The summed E-state index contributed by atoms with van der Waals surface area (Å²) in [4.78, 5) is 0. The van der Waals surface area contributed by atoms with E-state index in [1.807, 2.05) is 6.92 Å². The van der Waals surface area contributed by atoms with Crippen molar-refractivity contribution in [1.29, 1.82) is 0 Å². The van der Waals surface area contributed by atoms with Gasteiger partial charge >= 0.3 is 0 Å². The van der Waals surface area contributed by atoms with E-state index in [9.17, 15) is 0 Å². The predicted octanol–water partition coefficient (Wildman–Crippen LogP) is 3.50. The van der Waals surface area contributed by atoms with Gasteiger partial charge in [0.05, 0.1) is 12.7 Å². The Balaban J connectivity index is 1.76. The second kappa shape index (κ2) is 6.79. The third kappa shape index (κ3) is 4.02. The molecule has 18 heavy (non-hydrogen) atoms. The van der Waals surface area contributed by atoms with Crippen molar-refractivity contribution in [2.45, 2.75) is 58.0 Å². The van der Waals surface area contributed by atoms with Gasteiger partial charge in [-0.3, -0.25) is 0 Å². The highest BCUT2D eigenvalue weighted by molar-refractivity contribution is 5.37. The molecule has 1 N–H and O–H groups in total. The van der Waals surface area contributed by atoms with Crippen molar-refractivity contribution in [1.82, 2.24) is 0 Å². The molecule has 100 valence electrons. The third-order valence-electron chi connectivity index (χ3n) is 3.60. The highest BCUT2D eigenvalue weighted by Gasteiger charge is 2.09. The largest absolute Gasteiger partial charge is 0.494 e. The summed E-state index contributed by atoms with van der Waals surface area (Å²) in [6.45, 7) is 2.59. The summed E-state index contributed by atoms with van der Waals surface area (Å²) in [5, 5.41) is 9.16. The maximum absolute atomic E-state index is 9.16. The summed E-state index contributed by atoms with van der Waals surface area (Å²) >= 11 is 0. The molecule has 0 spiro atoms. The smallest absolute Gasteiger partial charge is 0.119 e. The Morgan fingerprint density at radius 3 is 2.72 bits per heavy atom. The van der Waals surface area contributed by atoms with Gasteiger partial charge in [0.25, 0.3) is 0 Å². The normalized spacial score (nSPS) is 16.1. The lowest BCUT2D eigenvalue weighted by molar-refractivity contribution is 0.177. The summed E-state index contributed by atoms with van der Waals surface area (Å²) in [6.07, 6.45) is 7.79. The first-order valence-electron chi connectivity index (χ1n) is 7.18. The van der Waals surface area contributed by atoms with Crippen LogP contribution in [0, 0.1) is 0 Å². The molecular formula is C16H24O2. The molecular weight excluding hydrogens is 224 g/mol. The lowest BCUT2D eigenvalue weighted by Gasteiger charge is -2.16. The molecule has 2 heteroatoms. The molecule has 1 unspecified atom stereocenters. The number of fused-ring (bicyclic) bond motifs is 1. The van der Waals surface area contributed by atoms with E-state index in [0.717, 1.165) is 31.6 Å².